The number of nitrogens with one attached hydrogen (secondary N) is 1. The quantitative estimate of drug-likeness (QED) is 0.409. The Morgan fingerprint density at radius 2 is 2.25 bits per heavy atom. The van der Waals surface area contributed by atoms with E-state index < -0.39 is 11.9 Å². The van der Waals surface area contributed by atoms with Crippen molar-refractivity contribution in [2.45, 2.75) is 0 Å². The van der Waals surface area contributed by atoms with Crippen LogP contribution in [-0.4, -0.2) is 18.5 Å². The second-order valence-corrected chi connectivity index (χ2v) is 1.23. The Hall–Kier alpha value is -1.10. The van der Waals surface area contributed by atoms with Crippen LogP contribution in [0.1, 0.15) is 0 Å². The molecule has 1 aliphatic rings. The molecule has 0 atom stereocenters. The topological polar surface area (TPSA) is 74.4 Å². The lowest BCUT2D eigenvalue weighted by Gasteiger charge is -2.06. The van der Waals surface area contributed by atoms with Gasteiger partial charge in [0.25, 0.3) is 5.91 Å². The van der Waals surface area contributed by atoms with Crippen molar-refractivity contribution in [1.82, 2.24) is 16.2 Å². The third-order valence-corrected chi connectivity index (χ3v) is 0.625. The number of hydrogen-bond donors (Lipinski definition) is 1. The van der Waals surface area contributed by atoms with E-state index >= 15 is 0 Å². The first-order valence-electron chi connectivity index (χ1n) is 2.01. The summed E-state index contributed by atoms with van der Waals surface area (Å²) in [7, 11) is 0. The van der Waals surface area contributed by atoms with E-state index in [1.54, 1.807) is 0 Å². The SMILES string of the molecule is O=C1CN[N]C(=O)[N]1. The molecule has 0 saturated carbocycles. The third-order valence-electron chi connectivity index (χ3n) is 0.625. The molecule has 1 heterocycles. The summed E-state index contributed by atoms with van der Waals surface area (Å²) in [6.07, 6.45) is 0. The van der Waals surface area contributed by atoms with Gasteiger partial charge in [0.15, 0.2) is 0 Å². The molecule has 2 radical (unpaired) electrons. The zero-order chi connectivity index (χ0) is 5.98. The molecule has 1 saturated heterocycles. The summed E-state index contributed by atoms with van der Waals surface area (Å²) >= 11 is 0. The van der Waals surface area contributed by atoms with Crippen LogP contribution < -0.4 is 16.2 Å². The number of nitrogens with zero attached hydrogens (tertiary/aromatic N) is 2. The summed E-state index contributed by atoms with van der Waals surface area (Å²) in [5, 5.41) is 2.98. The van der Waals surface area contributed by atoms with Gasteiger partial charge in [-0.25, -0.2) is 4.79 Å². The monoisotopic (exact) mass is 113 g/mol. The van der Waals surface area contributed by atoms with Crippen LogP contribution in [0.2, 0.25) is 0 Å². The van der Waals surface area contributed by atoms with Crippen LogP contribution in [0, 0.1) is 0 Å². The summed E-state index contributed by atoms with van der Waals surface area (Å²) in [5.41, 5.74) is 5.32. The molecule has 0 aromatic carbocycles. The van der Waals surface area contributed by atoms with E-state index in [0.717, 1.165) is 0 Å². The number of carbonyl (C=O) groups excluding carboxylic acids is 2. The third kappa shape index (κ3) is 0.941. The van der Waals surface area contributed by atoms with E-state index in [-0.39, 0.29) is 6.54 Å². The highest BCUT2D eigenvalue weighted by Crippen LogP contribution is 1.75. The Kier molecular flexibility index (Phi) is 1.13. The first kappa shape index (κ1) is 5.04. The second kappa shape index (κ2) is 1.79. The van der Waals surface area contributed by atoms with E-state index in [0.29, 0.717) is 0 Å². The van der Waals surface area contributed by atoms with Crippen LogP contribution in [-0.2, 0) is 4.79 Å². The molecule has 1 N–H and O–H groups in total. The van der Waals surface area contributed by atoms with E-state index in [1.807, 2.05) is 0 Å². The molecule has 0 aromatic rings. The molecule has 5 nitrogen and oxygen atoms in total. The maximum atomic E-state index is 10.2. The van der Waals surface area contributed by atoms with Gasteiger partial charge in [-0.1, -0.05) is 0 Å². The van der Waals surface area contributed by atoms with Crippen molar-refractivity contribution in [3.8, 4) is 0 Å². The number of amides is 3. The Morgan fingerprint density at radius 1 is 1.50 bits per heavy atom. The van der Waals surface area contributed by atoms with Crippen molar-refractivity contribution in [2.24, 2.45) is 0 Å². The molecule has 1 fully saturated rings. The summed E-state index contributed by atoms with van der Waals surface area (Å²) in [5.74, 6) is -0.468. The number of rotatable bonds is 0. The van der Waals surface area contributed by atoms with Crippen LogP contribution in [0.15, 0.2) is 0 Å². The fraction of sp³-hybridized carbons (Fsp3) is 0.333. The van der Waals surface area contributed by atoms with E-state index in [2.05, 4.69) is 16.2 Å². The molecule has 0 bridgehead atoms. The number of imide groups is 1. The van der Waals surface area contributed by atoms with Gasteiger partial charge in [-0.05, 0) is 0 Å². The Morgan fingerprint density at radius 3 is 2.62 bits per heavy atom. The molecule has 42 valence electrons. The molecule has 5 heteroatoms. The highest BCUT2D eigenvalue weighted by Gasteiger charge is 2.16. The highest BCUT2D eigenvalue weighted by atomic mass is 16.2. The summed E-state index contributed by atoms with van der Waals surface area (Å²) in [6.45, 7) is 0.0335. The molecule has 0 aliphatic carbocycles. The minimum atomic E-state index is -0.749. The van der Waals surface area contributed by atoms with Crippen LogP contribution in [0.4, 0.5) is 4.79 Å². The largest absolute Gasteiger partial charge is 0.382 e. The number of hydrogen-bond acceptors (Lipinski definition) is 3. The van der Waals surface area contributed by atoms with Crippen molar-refractivity contribution in [2.75, 3.05) is 6.54 Å². The Balaban J connectivity index is 2.45. The van der Waals surface area contributed by atoms with Crippen molar-refractivity contribution >= 4 is 11.9 Å². The van der Waals surface area contributed by atoms with Gasteiger partial charge in [-0.15, -0.1) is 5.43 Å². The lowest BCUT2D eigenvalue weighted by molar-refractivity contribution is -0.120. The van der Waals surface area contributed by atoms with Gasteiger partial charge >= 0.3 is 6.03 Å². The minimum absolute atomic E-state index is 0.0335. The predicted octanol–water partition coefficient (Wildman–Crippen LogP) is -1.64. The fourth-order valence-electron chi connectivity index (χ4n) is 0.346. The van der Waals surface area contributed by atoms with E-state index in [1.165, 1.54) is 0 Å². The van der Waals surface area contributed by atoms with Gasteiger partial charge in [0.2, 0.25) is 0 Å². The van der Waals surface area contributed by atoms with Crippen LogP contribution >= 0.6 is 0 Å². The summed E-state index contributed by atoms with van der Waals surface area (Å²) in [4.78, 5) is 20.2. The van der Waals surface area contributed by atoms with Crippen LogP contribution in [0.5, 0.6) is 0 Å². The lowest BCUT2D eigenvalue weighted by Crippen LogP contribution is -2.48. The molecular weight excluding hydrogens is 110 g/mol. The minimum Gasteiger partial charge on any atom is -0.271 e. The van der Waals surface area contributed by atoms with Gasteiger partial charge in [-0.2, -0.15) is 10.7 Å². The maximum absolute atomic E-state index is 10.2. The summed E-state index contributed by atoms with van der Waals surface area (Å²) < 4.78 is 0. The van der Waals surface area contributed by atoms with Crippen LogP contribution in [0.3, 0.4) is 0 Å². The molecule has 1 aliphatic heterocycles. The van der Waals surface area contributed by atoms with Crippen LogP contribution in [0.25, 0.3) is 0 Å². The van der Waals surface area contributed by atoms with Crippen molar-refractivity contribution in [3.63, 3.8) is 0 Å². The smallest absolute Gasteiger partial charge is 0.271 e. The normalized spacial score (nSPS) is 19.5. The molecule has 8 heavy (non-hydrogen) atoms. The summed E-state index contributed by atoms with van der Waals surface area (Å²) in [6, 6.07) is -0.749. The average molecular weight is 113 g/mol. The van der Waals surface area contributed by atoms with Gasteiger partial charge in [0, 0.05) is 0 Å². The fourth-order valence-corrected chi connectivity index (χ4v) is 0.346. The van der Waals surface area contributed by atoms with Gasteiger partial charge in [-0.3, -0.25) is 4.79 Å². The van der Waals surface area contributed by atoms with Gasteiger partial charge in [0.05, 0.1) is 6.54 Å². The maximum Gasteiger partial charge on any atom is 0.382 e. The molecule has 3 amide bonds. The molecular formula is C3H3N3O2. The van der Waals surface area contributed by atoms with E-state index in [9.17, 15) is 9.59 Å². The van der Waals surface area contributed by atoms with E-state index in [4.69, 9.17) is 0 Å². The van der Waals surface area contributed by atoms with Gasteiger partial charge in [0.1, 0.15) is 0 Å². The molecule has 1 rings (SSSR count). The first-order chi connectivity index (χ1) is 3.79. The number of urea groups is 1. The molecule has 0 spiro atoms. The zero-order valence-electron chi connectivity index (χ0n) is 3.92. The second-order valence-electron chi connectivity index (χ2n) is 1.23. The Labute approximate surface area is 45.4 Å². The first-order valence-corrected chi connectivity index (χ1v) is 2.01. The zero-order valence-corrected chi connectivity index (χ0v) is 3.92. The van der Waals surface area contributed by atoms with Crippen molar-refractivity contribution in [1.29, 1.82) is 0 Å². The highest BCUT2D eigenvalue weighted by molar-refractivity contribution is 5.96. The predicted molar refractivity (Wildman–Crippen MR) is 22.7 cm³/mol. The van der Waals surface area contributed by atoms with Crippen molar-refractivity contribution < 1.29 is 9.59 Å². The number of carbonyl (C=O) groups is 2. The standard InChI is InChI=1S/C3H3N3O2/c7-2-1-4-6-3(8)5-2/h4H,1H2. The molecule has 0 aromatic heterocycles. The molecule has 0 unspecified atom stereocenters. The average Bonchev–Trinajstić information content (AvgIpc) is 1.64. The van der Waals surface area contributed by atoms with Crippen molar-refractivity contribution in [3.05, 3.63) is 0 Å². The lowest BCUT2D eigenvalue weighted by atomic mass is 10.6. The van der Waals surface area contributed by atoms with Gasteiger partial charge < -0.3 is 0 Å². The Bertz CT molecular complexity index is 118.